The first-order valence-electron chi connectivity index (χ1n) is 26.3. The van der Waals surface area contributed by atoms with Gasteiger partial charge < -0.3 is 9.71 Å². The summed E-state index contributed by atoms with van der Waals surface area (Å²) >= 11 is 0. The van der Waals surface area contributed by atoms with Crippen molar-refractivity contribution in [3.63, 3.8) is 0 Å². The molecule has 0 N–H and O–H groups in total. The monoisotopic (exact) mass is 895 g/mol. The molecule has 0 unspecified atom stereocenters. The number of hydrogen-bond donors (Lipinski definition) is 0. The van der Waals surface area contributed by atoms with E-state index >= 15 is 0 Å². The van der Waals surface area contributed by atoms with Crippen molar-refractivity contribution < 1.29 is 0 Å². The predicted molar refractivity (Wildman–Crippen MR) is 293 cm³/mol. The largest absolute Gasteiger partial charge is 0.376 e. The van der Waals surface area contributed by atoms with Crippen LogP contribution in [-0.2, 0) is 37.9 Å². The van der Waals surface area contributed by atoms with Crippen molar-refractivity contribution in [1.29, 1.82) is 0 Å². The Morgan fingerprint density at radius 1 is 0.412 bits per heavy atom. The molecule has 6 aromatic rings. The van der Waals surface area contributed by atoms with Gasteiger partial charge in [0, 0.05) is 39.3 Å². The van der Waals surface area contributed by atoms with E-state index < -0.39 is 0 Å². The molecule has 0 radical (unpaired) electrons. The minimum absolute atomic E-state index is 0.0515. The zero-order valence-electron chi connectivity index (χ0n) is 44.4. The number of benzene rings is 6. The van der Waals surface area contributed by atoms with E-state index in [0.717, 1.165) is 0 Å². The average Bonchev–Trinajstić information content (AvgIpc) is 3.51. The van der Waals surface area contributed by atoms with E-state index in [1.807, 2.05) is 0 Å². The maximum absolute atomic E-state index is 2.84. The van der Waals surface area contributed by atoms with Crippen LogP contribution in [0.15, 0.2) is 91.0 Å². The number of nitrogens with zero attached hydrogens (tertiary/aromatic N) is 2. The van der Waals surface area contributed by atoms with Crippen LogP contribution in [0.5, 0.6) is 0 Å². The molecular weight excluding hydrogens is 820 g/mol. The molecule has 2 nitrogen and oxygen atoms in total. The van der Waals surface area contributed by atoms with Gasteiger partial charge in [-0.1, -0.05) is 152 Å². The molecule has 6 aromatic carbocycles. The summed E-state index contributed by atoms with van der Waals surface area (Å²) in [6.07, 6.45) is 7.15. The fraction of sp³-hybridized carbons (Fsp3) is 0.446. The Balaban J connectivity index is 1.24. The first-order valence-corrected chi connectivity index (χ1v) is 26.3. The van der Waals surface area contributed by atoms with E-state index in [9.17, 15) is 0 Å². The van der Waals surface area contributed by atoms with Gasteiger partial charge in [0.05, 0.1) is 5.69 Å². The Bertz CT molecular complexity index is 3200. The summed E-state index contributed by atoms with van der Waals surface area (Å²) in [5.74, 6) is 0. The van der Waals surface area contributed by atoms with Gasteiger partial charge in [0.2, 0.25) is 0 Å². The van der Waals surface area contributed by atoms with Gasteiger partial charge >= 0.3 is 6.85 Å². The Labute approximate surface area is 410 Å². The van der Waals surface area contributed by atoms with Gasteiger partial charge in [-0.2, -0.15) is 0 Å². The fourth-order valence-electron chi connectivity index (χ4n) is 14.6. The summed E-state index contributed by atoms with van der Waals surface area (Å²) in [5, 5.41) is 0. The summed E-state index contributed by atoms with van der Waals surface area (Å²) in [5.41, 5.74) is 30.1. The standard InChI is InChI=1S/C65H75BN2/c1-38-31-43-42-35-49-51(64(13,14)30-28-62(49,9)10)37-54(42)68(40-21-22-45-48(34-40)61(7,8)26-25-59(45,3)4)66-52-24-23-46-56(41-19-17-18-20-44(41)65(46,15)16)58(52)67(55(32-38)57(43)66)53-36-50-47(33-39(53)2)60(5,6)27-29-63(50,11)12/h17-24,31-37H,25-30H2,1-16H3. The predicted octanol–water partition coefficient (Wildman–Crippen LogP) is 16.4. The molecule has 0 aromatic heterocycles. The van der Waals surface area contributed by atoms with Gasteiger partial charge in [-0.15, -0.1) is 0 Å². The van der Waals surface area contributed by atoms with Gasteiger partial charge in [0.15, 0.2) is 0 Å². The molecule has 6 aliphatic rings. The second-order valence-corrected chi connectivity index (χ2v) is 27.1. The van der Waals surface area contributed by atoms with Crippen LogP contribution in [0.3, 0.4) is 0 Å². The Hall–Kier alpha value is -5.02. The lowest BCUT2D eigenvalue weighted by atomic mass is 9.42. The lowest BCUT2D eigenvalue weighted by Gasteiger charge is -2.49. The minimum Gasteiger partial charge on any atom is -0.376 e. The summed E-state index contributed by atoms with van der Waals surface area (Å²) in [6, 6.07) is 37.8. The molecule has 2 aliphatic heterocycles. The second kappa shape index (κ2) is 13.6. The normalized spacial score (nSPS) is 21.6. The summed E-state index contributed by atoms with van der Waals surface area (Å²) in [7, 11) is 0. The molecule has 0 saturated heterocycles. The summed E-state index contributed by atoms with van der Waals surface area (Å²) in [6.45, 7) is 39.4. The van der Waals surface area contributed by atoms with Crippen molar-refractivity contribution in [2.75, 3.05) is 9.71 Å². The molecule has 0 fully saturated rings. The highest BCUT2D eigenvalue weighted by molar-refractivity contribution is 6.93. The first kappa shape index (κ1) is 44.2. The Morgan fingerprint density at radius 3 is 1.54 bits per heavy atom. The highest BCUT2D eigenvalue weighted by atomic mass is 15.2. The van der Waals surface area contributed by atoms with Crippen LogP contribution in [0.25, 0.3) is 22.3 Å². The Kier molecular flexibility index (Phi) is 8.87. The third kappa shape index (κ3) is 5.89. The number of fused-ring (bicyclic) bond motifs is 11. The summed E-state index contributed by atoms with van der Waals surface area (Å²) in [4.78, 5) is 5.63. The van der Waals surface area contributed by atoms with Crippen molar-refractivity contribution in [2.45, 2.75) is 187 Å². The minimum atomic E-state index is -0.144. The highest BCUT2D eigenvalue weighted by Crippen LogP contribution is 2.59. The molecule has 0 saturated carbocycles. The van der Waals surface area contributed by atoms with Crippen LogP contribution in [0.2, 0.25) is 0 Å². The van der Waals surface area contributed by atoms with Gasteiger partial charge in [-0.05, 0) is 199 Å². The average molecular weight is 895 g/mol. The van der Waals surface area contributed by atoms with E-state index in [4.69, 9.17) is 0 Å². The Morgan fingerprint density at radius 2 is 0.926 bits per heavy atom. The fourth-order valence-corrected chi connectivity index (χ4v) is 14.6. The third-order valence-electron chi connectivity index (χ3n) is 19.4. The molecule has 0 bridgehead atoms. The lowest BCUT2D eigenvalue weighted by molar-refractivity contribution is 0.332. The molecule has 2 heterocycles. The number of anilines is 5. The molecule has 0 atom stereocenters. The van der Waals surface area contributed by atoms with E-state index in [1.54, 1.807) is 0 Å². The maximum atomic E-state index is 2.84. The number of aryl methyl sites for hydroxylation is 2. The molecule has 0 amide bonds. The maximum Gasteiger partial charge on any atom is 0.333 e. The van der Waals surface area contributed by atoms with Crippen molar-refractivity contribution in [3.8, 4) is 22.3 Å². The van der Waals surface area contributed by atoms with Crippen LogP contribution < -0.4 is 20.6 Å². The molecule has 12 rings (SSSR count). The lowest BCUT2D eigenvalue weighted by Crippen LogP contribution is -2.62. The first-order chi connectivity index (χ1) is 31.8. The van der Waals surface area contributed by atoms with Gasteiger partial charge in [0.25, 0.3) is 0 Å². The second-order valence-electron chi connectivity index (χ2n) is 27.1. The van der Waals surface area contributed by atoms with E-state index in [0.29, 0.717) is 0 Å². The molecule has 0 spiro atoms. The van der Waals surface area contributed by atoms with Crippen LogP contribution in [0.4, 0.5) is 28.4 Å². The smallest absolute Gasteiger partial charge is 0.333 e. The molecule has 3 heteroatoms. The van der Waals surface area contributed by atoms with Crippen LogP contribution in [0, 0.1) is 13.8 Å². The number of hydrogen-bond acceptors (Lipinski definition) is 2. The highest BCUT2D eigenvalue weighted by Gasteiger charge is 2.51. The van der Waals surface area contributed by atoms with Crippen LogP contribution in [-0.4, -0.2) is 6.85 Å². The van der Waals surface area contributed by atoms with Crippen molar-refractivity contribution >= 4 is 46.2 Å². The van der Waals surface area contributed by atoms with E-state index in [-0.39, 0.29) is 44.8 Å². The molecule has 4 aliphatic carbocycles. The summed E-state index contributed by atoms with van der Waals surface area (Å²) < 4.78 is 0. The molecular formula is C65H75BN2. The van der Waals surface area contributed by atoms with Gasteiger partial charge in [0.1, 0.15) is 0 Å². The van der Waals surface area contributed by atoms with Crippen LogP contribution >= 0.6 is 0 Å². The quantitative estimate of drug-likeness (QED) is 0.160. The van der Waals surface area contributed by atoms with Crippen LogP contribution in [0.1, 0.15) is 191 Å². The van der Waals surface area contributed by atoms with Crippen molar-refractivity contribution in [1.82, 2.24) is 0 Å². The van der Waals surface area contributed by atoms with Gasteiger partial charge in [-0.3, -0.25) is 0 Å². The SMILES string of the molecule is Cc1cc2c3c(c1)N(c1cc4c(cc1C)C(C)(C)CCC4(C)C)c1c(ccc4c1-c1ccccc1C4(C)C)B3N(c1ccc3c(c1)C(C)(C)CCC3(C)C)c1cc3c(cc1-2)C(C)(C)CCC3(C)C. The van der Waals surface area contributed by atoms with Gasteiger partial charge in [-0.25, -0.2) is 0 Å². The van der Waals surface area contributed by atoms with Crippen molar-refractivity contribution in [3.05, 3.63) is 147 Å². The van der Waals surface area contributed by atoms with E-state index in [2.05, 4.69) is 211 Å². The zero-order valence-corrected chi connectivity index (χ0v) is 44.4. The topological polar surface area (TPSA) is 6.48 Å². The van der Waals surface area contributed by atoms with E-state index in [1.165, 1.54) is 156 Å². The zero-order chi connectivity index (χ0) is 48.2. The molecule has 348 valence electrons. The number of rotatable bonds is 2. The van der Waals surface area contributed by atoms with Crippen molar-refractivity contribution in [2.24, 2.45) is 0 Å². The third-order valence-corrected chi connectivity index (χ3v) is 19.4. The molecule has 68 heavy (non-hydrogen) atoms.